The zero-order valence-corrected chi connectivity index (χ0v) is 17.7. The number of piperidine rings is 1. The predicted molar refractivity (Wildman–Crippen MR) is 107 cm³/mol. The molecule has 164 valence electrons. The number of ether oxygens (including phenoxy) is 4. The number of esters is 3. The largest absolute Gasteiger partial charge is 0.493 e. The topological polar surface area (TPSA) is 91.4 Å². The van der Waals surface area contributed by atoms with E-state index in [-0.39, 0.29) is 0 Å². The van der Waals surface area contributed by atoms with E-state index in [1.807, 2.05) is 29.2 Å². The number of hydrogen-bond donors (Lipinski definition) is 0. The highest BCUT2D eigenvalue weighted by molar-refractivity contribution is 5.68. The second-order valence-corrected chi connectivity index (χ2v) is 7.96. The molecule has 1 saturated heterocycles. The Morgan fingerprint density at radius 1 is 0.867 bits per heavy atom. The second-order valence-electron chi connectivity index (χ2n) is 7.96. The molecule has 1 aromatic rings. The molecule has 0 aromatic heterocycles. The number of hydrogen-bond acceptors (Lipinski definition) is 8. The van der Waals surface area contributed by atoms with Crippen LogP contribution < -0.4 is 4.74 Å². The molecule has 1 aliphatic heterocycles. The summed E-state index contributed by atoms with van der Waals surface area (Å²) in [6, 6.07) is 7.86. The predicted octanol–water partition coefficient (Wildman–Crippen LogP) is 2.09. The third kappa shape index (κ3) is 6.73. The standard InChI is InChI=1S/C22H29NO7/c1-14(24)28-20-11-23(12-21(29-15(2)25)22(20)30-16(3)26)10-17-6-8-19(9-7-17)27-13-18-4-5-18/h6-9,18,20-22H,4-5,10-13H2,1-3H3/t20-,21+,22?. The number of benzene rings is 1. The van der Waals surface area contributed by atoms with Gasteiger partial charge < -0.3 is 18.9 Å². The van der Waals surface area contributed by atoms with Gasteiger partial charge in [0.05, 0.1) is 6.61 Å². The van der Waals surface area contributed by atoms with E-state index >= 15 is 0 Å². The lowest BCUT2D eigenvalue weighted by atomic mass is 10.00. The lowest BCUT2D eigenvalue weighted by Gasteiger charge is -2.41. The molecule has 1 heterocycles. The van der Waals surface area contributed by atoms with Gasteiger partial charge in [-0.05, 0) is 36.5 Å². The van der Waals surface area contributed by atoms with E-state index in [4.69, 9.17) is 18.9 Å². The minimum Gasteiger partial charge on any atom is -0.493 e. The van der Waals surface area contributed by atoms with Gasteiger partial charge in [0, 0.05) is 40.4 Å². The molecule has 3 rings (SSSR count). The van der Waals surface area contributed by atoms with E-state index in [0.717, 1.165) is 17.9 Å². The molecule has 8 heteroatoms. The molecule has 3 atom stereocenters. The van der Waals surface area contributed by atoms with Gasteiger partial charge in [-0.1, -0.05) is 12.1 Å². The van der Waals surface area contributed by atoms with E-state index < -0.39 is 36.2 Å². The molecule has 30 heavy (non-hydrogen) atoms. The van der Waals surface area contributed by atoms with E-state index in [1.165, 1.54) is 33.6 Å². The lowest BCUT2D eigenvalue weighted by molar-refractivity contribution is -0.195. The summed E-state index contributed by atoms with van der Waals surface area (Å²) in [7, 11) is 0. The Hall–Kier alpha value is -2.61. The van der Waals surface area contributed by atoms with Crippen LogP contribution in [0.1, 0.15) is 39.2 Å². The zero-order valence-electron chi connectivity index (χ0n) is 17.7. The van der Waals surface area contributed by atoms with Crippen LogP contribution in [0.3, 0.4) is 0 Å². The maximum atomic E-state index is 11.6. The summed E-state index contributed by atoms with van der Waals surface area (Å²) in [5, 5.41) is 0. The molecule has 0 amide bonds. The van der Waals surface area contributed by atoms with Gasteiger partial charge >= 0.3 is 17.9 Å². The summed E-state index contributed by atoms with van der Waals surface area (Å²) in [6.07, 6.45) is 0.184. The van der Waals surface area contributed by atoms with Crippen LogP contribution in [0, 0.1) is 5.92 Å². The molecule has 0 N–H and O–H groups in total. The van der Waals surface area contributed by atoms with Crippen LogP contribution in [0.15, 0.2) is 24.3 Å². The Labute approximate surface area is 176 Å². The summed E-state index contributed by atoms with van der Waals surface area (Å²) >= 11 is 0. The molecule has 1 saturated carbocycles. The summed E-state index contributed by atoms with van der Waals surface area (Å²) in [6.45, 7) is 5.90. The van der Waals surface area contributed by atoms with Crippen molar-refractivity contribution in [2.24, 2.45) is 5.92 Å². The molecule has 1 unspecified atom stereocenters. The van der Waals surface area contributed by atoms with Gasteiger partial charge in [-0.2, -0.15) is 0 Å². The first-order valence-electron chi connectivity index (χ1n) is 10.3. The number of carbonyl (C=O) groups is 3. The molecule has 1 aromatic carbocycles. The highest BCUT2D eigenvalue weighted by atomic mass is 16.6. The molecule has 0 spiro atoms. The Morgan fingerprint density at radius 3 is 1.87 bits per heavy atom. The van der Waals surface area contributed by atoms with Crippen molar-refractivity contribution >= 4 is 17.9 Å². The van der Waals surface area contributed by atoms with Gasteiger partial charge in [0.2, 0.25) is 0 Å². The highest BCUT2D eigenvalue weighted by Gasteiger charge is 2.43. The third-order valence-corrected chi connectivity index (χ3v) is 5.06. The Bertz CT molecular complexity index is 733. The molecule has 0 bridgehead atoms. The number of nitrogens with zero attached hydrogens (tertiary/aromatic N) is 1. The van der Waals surface area contributed by atoms with Crippen LogP contribution >= 0.6 is 0 Å². The summed E-state index contributed by atoms with van der Waals surface area (Å²) in [4.78, 5) is 36.7. The van der Waals surface area contributed by atoms with Gasteiger partial charge in [0.1, 0.15) is 5.75 Å². The van der Waals surface area contributed by atoms with Gasteiger partial charge in [-0.15, -0.1) is 0 Å². The molecule has 1 aliphatic carbocycles. The first-order valence-corrected chi connectivity index (χ1v) is 10.3. The van der Waals surface area contributed by atoms with Gasteiger partial charge in [-0.3, -0.25) is 19.3 Å². The van der Waals surface area contributed by atoms with Crippen LogP contribution in [0.4, 0.5) is 0 Å². The van der Waals surface area contributed by atoms with Gasteiger partial charge in [-0.25, -0.2) is 0 Å². The van der Waals surface area contributed by atoms with Crippen molar-refractivity contribution in [1.29, 1.82) is 0 Å². The maximum absolute atomic E-state index is 11.6. The Kier molecular flexibility index (Phi) is 7.31. The number of carbonyl (C=O) groups excluding carboxylic acids is 3. The van der Waals surface area contributed by atoms with Crippen molar-refractivity contribution in [3.63, 3.8) is 0 Å². The minimum absolute atomic E-state index is 0.356. The second kappa shape index (κ2) is 9.93. The Balaban J connectivity index is 1.67. The normalized spacial score (nSPS) is 24.0. The van der Waals surface area contributed by atoms with Crippen LogP contribution in [-0.2, 0) is 35.1 Å². The van der Waals surface area contributed by atoms with Crippen LogP contribution in [0.2, 0.25) is 0 Å². The van der Waals surface area contributed by atoms with Crippen molar-refractivity contribution in [3.05, 3.63) is 29.8 Å². The smallest absolute Gasteiger partial charge is 0.303 e. The van der Waals surface area contributed by atoms with Crippen molar-refractivity contribution < 1.29 is 33.3 Å². The van der Waals surface area contributed by atoms with Gasteiger partial charge in [0.25, 0.3) is 0 Å². The average molecular weight is 419 g/mol. The monoisotopic (exact) mass is 419 g/mol. The molecular formula is C22H29NO7. The fraction of sp³-hybridized carbons (Fsp3) is 0.591. The fourth-order valence-corrected chi connectivity index (χ4v) is 3.59. The molecule has 2 aliphatic rings. The van der Waals surface area contributed by atoms with Crippen molar-refractivity contribution in [3.8, 4) is 5.75 Å². The van der Waals surface area contributed by atoms with Gasteiger partial charge in [0.15, 0.2) is 18.3 Å². The van der Waals surface area contributed by atoms with E-state index in [0.29, 0.717) is 25.6 Å². The zero-order chi connectivity index (χ0) is 21.7. The molecule has 0 radical (unpaired) electrons. The van der Waals surface area contributed by atoms with E-state index in [2.05, 4.69) is 0 Å². The fourth-order valence-electron chi connectivity index (χ4n) is 3.59. The maximum Gasteiger partial charge on any atom is 0.303 e. The first-order chi connectivity index (χ1) is 14.3. The molecule has 8 nitrogen and oxygen atoms in total. The van der Waals surface area contributed by atoms with Crippen molar-refractivity contribution in [1.82, 2.24) is 4.90 Å². The SMILES string of the molecule is CC(=O)OC1[C@@H](OC(C)=O)CN(Cc2ccc(OCC3CC3)cc2)C[C@H]1OC(C)=O. The molecular weight excluding hydrogens is 390 g/mol. The van der Waals surface area contributed by atoms with Crippen LogP contribution in [0.25, 0.3) is 0 Å². The summed E-state index contributed by atoms with van der Waals surface area (Å²) < 4.78 is 21.9. The number of likely N-dealkylation sites (tertiary alicyclic amines) is 1. The third-order valence-electron chi connectivity index (χ3n) is 5.06. The van der Waals surface area contributed by atoms with Crippen molar-refractivity contribution in [2.75, 3.05) is 19.7 Å². The van der Waals surface area contributed by atoms with E-state index in [9.17, 15) is 14.4 Å². The first kappa shape index (κ1) is 22.1. The Morgan fingerprint density at radius 2 is 1.40 bits per heavy atom. The van der Waals surface area contributed by atoms with Crippen molar-refractivity contribution in [2.45, 2.75) is 58.5 Å². The quantitative estimate of drug-likeness (QED) is 0.467. The lowest BCUT2D eigenvalue weighted by Crippen LogP contribution is -2.58. The van der Waals surface area contributed by atoms with E-state index in [1.54, 1.807) is 0 Å². The van der Waals surface area contributed by atoms with Crippen LogP contribution in [0.5, 0.6) is 5.75 Å². The summed E-state index contributed by atoms with van der Waals surface area (Å²) in [5.74, 6) is 0.0365. The molecule has 2 fully saturated rings. The summed E-state index contributed by atoms with van der Waals surface area (Å²) in [5.41, 5.74) is 1.04. The minimum atomic E-state index is -0.843. The number of rotatable bonds is 8. The van der Waals surface area contributed by atoms with Crippen LogP contribution in [-0.4, -0.2) is 60.8 Å². The average Bonchev–Trinajstić information content (AvgIpc) is 3.47. The highest BCUT2D eigenvalue weighted by Crippen LogP contribution is 2.29.